The van der Waals surface area contributed by atoms with E-state index in [4.69, 9.17) is 5.11 Å². The number of amides is 1. The highest BCUT2D eigenvalue weighted by atomic mass is 32.1. The number of aryl methyl sites for hydroxylation is 3. The van der Waals surface area contributed by atoms with Crippen molar-refractivity contribution < 1.29 is 14.7 Å². The van der Waals surface area contributed by atoms with Gasteiger partial charge in [-0.3, -0.25) is 4.79 Å². The van der Waals surface area contributed by atoms with Crippen LogP contribution in [-0.4, -0.2) is 27.0 Å². The quantitative estimate of drug-likeness (QED) is 0.902. The fourth-order valence-electron chi connectivity index (χ4n) is 1.70. The normalized spacial score (nSPS) is 10.6. The predicted molar refractivity (Wildman–Crippen MR) is 76.6 cm³/mol. The molecule has 0 saturated heterocycles. The van der Waals surface area contributed by atoms with Crippen molar-refractivity contribution in [3.05, 3.63) is 31.2 Å². The van der Waals surface area contributed by atoms with E-state index >= 15 is 0 Å². The Bertz CT molecular complexity index is 676. The smallest absolute Gasteiger partial charge is 0.347 e. The molecular weight excluding hydrogens is 298 g/mol. The first-order chi connectivity index (χ1) is 9.38. The summed E-state index contributed by atoms with van der Waals surface area (Å²) in [4.78, 5) is 32.0. The van der Waals surface area contributed by atoms with Gasteiger partial charge in [0.25, 0.3) is 5.91 Å². The minimum Gasteiger partial charge on any atom is -0.477 e. The zero-order valence-corrected chi connectivity index (χ0v) is 12.8. The third kappa shape index (κ3) is 3.02. The molecule has 2 rings (SSSR count). The van der Waals surface area contributed by atoms with Gasteiger partial charge in [0.1, 0.15) is 14.8 Å². The van der Waals surface area contributed by atoms with Crippen molar-refractivity contribution in [3.63, 3.8) is 0 Å². The summed E-state index contributed by atoms with van der Waals surface area (Å²) >= 11 is 2.41. The number of carboxylic acid groups (broad SMARTS) is 1. The second kappa shape index (κ2) is 5.68. The highest BCUT2D eigenvalue weighted by molar-refractivity contribution is 7.14. The Kier molecular flexibility index (Phi) is 4.15. The Morgan fingerprint density at radius 2 is 1.75 bits per heavy atom. The Morgan fingerprint density at radius 1 is 1.10 bits per heavy atom. The molecule has 2 heterocycles. The summed E-state index contributed by atoms with van der Waals surface area (Å²) in [6.45, 7) is 5.49. The number of hydrogen-bond acceptors (Lipinski definition) is 6. The molecule has 0 aliphatic heterocycles. The van der Waals surface area contributed by atoms with Gasteiger partial charge in [0.05, 0.1) is 22.9 Å². The lowest BCUT2D eigenvalue weighted by atomic mass is 10.3. The minimum absolute atomic E-state index is 0.207. The highest BCUT2D eigenvalue weighted by Crippen LogP contribution is 2.19. The van der Waals surface area contributed by atoms with E-state index in [-0.39, 0.29) is 17.3 Å². The third-order valence-electron chi connectivity index (χ3n) is 2.55. The van der Waals surface area contributed by atoms with Crippen LogP contribution in [0.3, 0.4) is 0 Å². The van der Waals surface area contributed by atoms with Gasteiger partial charge in [-0.2, -0.15) is 0 Å². The summed E-state index contributed by atoms with van der Waals surface area (Å²) in [5.74, 6) is -1.20. The maximum Gasteiger partial charge on any atom is 0.347 e. The SMILES string of the molecule is Cc1nc(C)c(C(=O)NCc2nc(C)c(C(=O)O)s2)s1. The molecular formula is C12H13N3O3S2. The van der Waals surface area contributed by atoms with E-state index in [1.54, 1.807) is 13.8 Å². The van der Waals surface area contributed by atoms with Gasteiger partial charge in [0.2, 0.25) is 0 Å². The lowest BCUT2D eigenvalue weighted by molar-refractivity contribution is 0.0701. The molecule has 0 bridgehead atoms. The molecule has 0 saturated carbocycles. The van der Waals surface area contributed by atoms with E-state index in [9.17, 15) is 9.59 Å². The van der Waals surface area contributed by atoms with Gasteiger partial charge >= 0.3 is 5.97 Å². The Balaban J connectivity index is 2.05. The van der Waals surface area contributed by atoms with Crippen LogP contribution in [0.4, 0.5) is 0 Å². The van der Waals surface area contributed by atoms with Crippen LogP contribution < -0.4 is 5.32 Å². The second-order valence-corrected chi connectivity index (χ2v) is 6.44. The second-order valence-electron chi connectivity index (χ2n) is 4.16. The summed E-state index contributed by atoms with van der Waals surface area (Å²) in [6.07, 6.45) is 0. The third-order valence-corrected chi connectivity index (χ3v) is 4.76. The van der Waals surface area contributed by atoms with E-state index in [1.165, 1.54) is 11.3 Å². The van der Waals surface area contributed by atoms with Crippen LogP contribution in [0.15, 0.2) is 0 Å². The number of aromatic carboxylic acids is 1. The summed E-state index contributed by atoms with van der Waals surface area (Å²) in [5, 5.41) is 13.1. The van der Waals surface area contributed by atoms with Crippen molar-refractivity contribution in [2.24, 2.45) is 0 Å². The molecule has 0 spiro atoms. The Morgan fingerprint density at radius 3 is 2.25 bits per heavy atom. The van der Waals surface area contributed by atoms with Crippen molar-refractivity contribution in [1.29, 1.82) is 0 Å². The number of nitrogens with zero attached hydrogens (tertiary/aromatic N) is 2. The summed E-state index contributed by atoms with van der Waals surface area (Å²) < 4.78 is 0. The molecule has 106 valence electrons. The van der Waals surface area contributed by atoms with E-state index in [0.717, 1.165) is 16.3 Å². The van der Waals surface area contributed by atoms with Crippen LogP contribution in [0.5, 0.6) is 0 Å². The summed E-state index contributed by atoms with van der Waals surface area (Å²) in [7, 11) is 0. The van der Waals surface area contributed by atoms with Gasteiger partial charge in [-0.05, 0) is 20.8 Å². The number of carbonyl (C=O) groups excluding carboxylic acids is 1. The van der Waals surface area contributed by atoms with Crippen LogP contribution in [0.25, 0.3) is 0 Å². The molecule has 6 nitrogen and oxygen atoms in total. The van der Waals surface area contributed by atoms with Gasteiger partial charge in [-0.25, -0.2) is 14.8 Å². The van der Waals surface area contributed by atoms with Crippen molar-refractivity contribution in [2.75, 3.05) is 0 Å². The Hall–Kier alpha value is -1.80. The van der Waals surface area contributed by atoms with Crippen LogP contribution in [0.1, 0.15) is 40.7 Å². The molecule has 0 fully saturated rings. The van der Waals surface area contributed by atoms with Crippen molar-refractivity contribution in [1.82, 2.24) is 15.3 Å². The van der Waals surface area contributed by atoms with Crippen LogP contribution in [-0.2, 0) is 6.54 Å². The molecule has 0 atom stereocenters. The zero-order chi connectivity index (χ0) is 14.9. The van der Waals surface area contributed by atoms with Crippen molar-refractivity contribution in [3.8, 4) is 0 Å². The van der Waals surface area contributed by atoms with Gasteiger partial charge in [-0.15, -0.1) is 22.7 Å². The van der Waals surface area contributed by atoms with E-state index in [0.29, 0.717) is 21.3 Å². The van der Waals surface area contributed by atoms with Crippen LogP contribution >= 0.6 is 22.7 Å². The average molecular weight is 311 g/mol. The standard InChI is InChI=1S/C12H13N3O3S2/c1-5-9(19-7(3)14-5)11(16)13-4-8-15-6(2)10(20-8)12(17)18/h4H2,1-3H3,(H,13,16)(H,17,18). The molecule has 2 aromatic rings. The molecule has 2 aromatic heterocycles. The first kappa shape index (κ1) is 14.6. The van der Waals surface area contributed by atoms with E-state index in [2.05, 4.69) is 15.3 Å². The number of hydrogen-bond donors (Lipinski definition) is 2. The first-order valence-electron chi connectivity index (χ1n) is 5.80. The van der Waals surface area contributed by atoms with Crippen molar-refractivity contribution >= 4 is 34.6 Å². The lowest BCUT2D eigenvalue weighted by Crippen LogP contribution is -2.22. The largest absolute Gasteiger partial charge is 0.477 e. The number of carbonyl (C=O) groups is 2. The monoisotopic (exact) mass is 311 g/mol. The molecule has 0 unspecified atom stereocenters. The average Bonchev–Trinajstić information content (AvgIpc) is 2.89. The van der Waals surface area contributed by atoms with Gasteiger partial charge in [-0.1, -0.05) is 0 Å². The lowest BCUT2D eigenvalue weighted by Gasteiger charge is -2.00. The van der Waals surface area contributed by atoms with Gasteiger partial charge in [0, 0.05) is 0 Å². The summed E-state index contributed by atoms with van der Waals surface area (Å²) in [5.41, 5.74) is 1.17. The molecule has 20 heavy (non-hydrogen) atoms. The molecule has 1 amide bonds. The molecule has 0 aliphatic rings. The Labute approximate surface area is 123 Å². The van der Waals surface area contributed by atoms with Crippen LogP contribution in [0, 0.1) is 20.8 Å². The fourth-order valence-corrected chi connectivity index (χ4v) is 3.38. The molecule has 0 radical (unpaired) electrons. The number of thiazole rings is 2. The number of aromatic nitrogens is 2. The summed E-state index contributed by atoms with van der Waals surface area (Å²) in [6, 6.07) is 0. The molecule has 0 aromatic carbocycles. The van der Waals surface area contributed by atoms with Gasteiger partial charge < -0.3 is 10.4 Å². The maximum atomic E-state index is 12.0. The van der Waals surface area contributed by atoms with E-state index < -0.39 is 5.97 Å². The minimum atomic E-state index is -0.994. The molecule has 2 N–H and O–H groups in total. The maximum absolute atomic E-state index is 12.0. The fraction of sp³-hybridized carbons (Fsp3) is 0.333. The topological polar surface area (TPSA) is 92.2 Å². The predicted octanol–water partition coefficient (Wildman–Crippen LogP) is 2.15. The van der Waals surface area contributed by atoms with Gasteiger partial charge in [0.15, 0.2) is 0 Å². The van der Waals surface area contributed by atoms with Crippen LogP contribution in [0.2, 0.25) is 0 Å². The zero-order valence-electron chi connectivity index (χ0n) is 11.2. The van der Waals surface area contributed by atoms with E-state index in [1.807, 2.05) is 6.92 Å². The first-order valence-corrected chi connectivity index (χ1v) is 7.43. The molecule has 8 heteroatoms. The number of nitrogens with one attached hydrogen (secondary N) is 1. The highest BCUT2D eigenvalue weighted by Gasteiger charge is 2.16. The number of rotatable bonds is 4. The van der Waals surface area contributed by atoms with Crippen molar-refractivity contribution in [2.45, 2.75) is 27.3 Å². The molecule has 0 aliphatic carbocycles. The number of carboxylic acids is 1.